The molecule has 0 fully saturated rings. The molecular formula is C15H15BrCl3N3. The maximum atomic E-state index is 6.22. The molecule has 3 nitrogen and oxygen atoms in total. The summed E-state index contributed by atoms with van der Waals surface area (Å²) in [6.45, 7) is 3.66. The molecule has 0 saturated carbocycles. The van der Waals surface area contributed by atoms with Crippen LogP contribution in [0.4, 0.5) is 0 Å². The molecule has 0 radical (unpaired) electrons. The zero-order chi connectivity index (χ0) is 16.7. The van der Waals surface area contributed by atoms with Crippen LogP contribution in [0.15, 0.2) is 50.6 Å². The van der Waals surface area contributed by atoms with Crippen LogP contribution in [0, 0.1) is 0 Å². The summed E-state index contributed by atoms with van der Waals surface area (Å²) in [5.41, 5.74) is 1.55. The van der Waals surface area contributed by atoms with Gasteiger partial charge in [0.2, 0.25) is 0 Å². The van der Waals surface area contributed by atoms with Crippen molar-refractivity contribution < 1.29 is 0 Å². The molecule has 1 rings (SSSR count). The first kappa shape index (κ1) is 19.2. The van der Waals surface area contributed by atoms with Crippen LogP contribution in [0.2, 0.25) is 10.0 Å². The summed E-state index contributed by atoms with van der Waals surface area (Å²) in [6, 6.07) is 5.38. The second-order valence-electron chi connectivity index (χ2n) is 4.27. The van der Waals surface area contributed by atoms with Gasteiger partial charge in [0.25, 0.3) is 0 Å². The summed E-state index contributed by atoms with van der Waals surface area (Å²) in [6.07, 6.45) is 3.74. The lowest BCUT2D eigenvalue weighted by Gasteiger charge is -2.12. The molecule has 0 spiro atoms. The van der Waals surface area contributed by atoms with Gasteiger partial charge in [-0.3, -0.25) is 10.0 Å². The van der Waals surface area contributed by atoms with E-state index in [1.54, 1.807) is 44.6 Å². The number of hydrogen-bond acceptors (Lipinski definition) is 3. The molecule has 7 heteroatoms. The monoisotopic (exact) mass is 421 g/mol. The number of allylic oxidation sites excluding steroid dienone is 2. The van der Waals surface area contributed by atoms with Gasteiger partial charge in [-0.25, -0.2) is 0 Å². The number of aliphatic imine (C=N–C) groups is 1. The van der Waals surface area contributed by atoms with Crippen LogP contribution in [0.5, 0.6) is 0 Å². The van der Waals surface area contributed by atoms with E-state index in [-0.39, 0.29) is 0 Å². The minimum absolute atomic E-state index is 0.411. The van der Waals surface area contributed by atoms with Crippen LogP contribution in [-0.4, -0.2) is 31.0 Å². The summed E-state index contributed by atoms with van der Waals surface area (Å²) in [4.78, 5) is 4.22. The fraction of sp³-hybridized carbons (Fsp3) is 0.200. The van der Waals surface area contributed by atoms with Crippen molar-refractivity contribution in [3.8, 4) is 0 Å². The molecule has 22 heavy (non-hydrogen) atoms. The predicted molar refractivity (Wildman–Crippen MR) is 102 cm³/mol. The Morgan fingerprint density at radius 3 is 2.45 bits per heavy atom. The first-order valence-corrected chi connectivity index (χ1v) is 8.15. The topological polar surface area (TPSA) is 28.0 Å². The third-order valence-corrected chi connectivity index (χ3v) is 3.94. The lowest BCUT2D eigenvalue weighted by molar-refractivity contribution is 0.479. The molecule has 1 aromatic rings. The normalized spacial score (nSPS) is 12.8. The van der Waals surface area contributed by atoms with E-state index in [0.717, 1.165) is 11.3 Å². The van der Waals surface area contributed by atoms with Gasteiger partial charge >= 0.3 is 0 Å². The van der Waals surface area contributed by atoms with Crippen LogP contribution >= 0.6 is 50.7 Å². The van der Waals surface area contributed by atoms with Crippen LogP contribution in [0.25, 0.3) is 0 Å². The molecule has 0 aliphatic heterocycles. The Hall–Kier alpha value is -0.810. The van der Waals surface area contributed by atoms with E-state index in [0.29, 0.717) is 26.1 Å². The van der Waals surface area contributed by atoms with Crippen LogP contribution in [0.1, 0.15) is 5.56 Å². The molecule has 0 amide bonds. The van der Waals surface area contributed by atoms with Crippen molar-refractivity contribution in [3.63, 3.8) is 0 Å². The number of hydrogen-bond donors (Lipinski definition) is 0. The van der Waals surface area contributed by atoms with Crippen molar-refractivity contribution in [1.29, 1.82) is 0 Å². The Morgan fingerprint density at radius 1 is 1.36 bits per heavy atom. The molecule has 0 N–H and O–H groups in total. The minimum atomic E-state index is 0.411. The first-order chi connectivity index (χ1) is 10.3. The molecule has 0 aliphatic carbocycles. The average Bonchev–Trinajstić information content (AvgIpc) is 2.47. The Kier molecular flexibility index (Phi) is 8.18. The van der Waals surface area contributed by atoms with E-state index in [2.05, 4.69) is 32.6 Å². The van der Waals surface area contributed by atoms with Crippen molar-refractivity contribution in [2.24, 2.45) is 10.1 Å². The maximum Gasteiger partial charge on any atom is 0.126 e. The van der Waals surface area contributed by atoms with Crippen molar-refractivity contribution >= 4 is 62.7 Å². The van der Waals surface area contributed by atoms with Gasteiger partial charge in [0.1, 0.15) is 5.16 Å². The fourth-order valence-electron chi connectivity index (χ4n) is 1.51. The number of hydrazone groups is 1. The second kappa shape index (κ2) is 9.36. The molecule has 0 saturated heterocycles. The highest BCUT2D eigenvalue weighted by Gasteiger charge is 2.09. The zero-order valence-corrected chi connectivity index (χ0v) is 16.0. The Bertz CT molecular complexity index is 619. The SMILES string of the molecule is C=C(Br)/C=N\N(C)/C(Cl)=C\C(Cc1c(Cl)cccc1Cl)=NC. The minimum Gasteiger partial charge on any atom is -0.293 e. The number of benzene rings is 1. The Labute approximate surface area is 154 Å². The van der Waals surface area contributed by atoms with Gasteiger partial charge in [-0.1, -0.05) is 47.4 Å². The maximum absolute atomic E-state index is 6.22. The largest absolute Gasteiger partial charge is 0.293 e. The third-order valence-electron chi connectivity index (χ3n) is 2.67. The van der Waals surface area contributed by atoms with Crippen LogP contribution in [0.3, 0.4) is 0 Å². The van der Waals surface area contributed by atoms with E-state index in [4.69, 9.17) is 34.8 Å². The van der Waals surface area contributed by atoms with Gasteiger partial charge in [0, 0.05) is 40.8 Å². The summed E-state index contributed by atoms with van der Waals surface area (Å²) in [5, 5.41) is 7.22. The highest BCUT2D eigenvalue weighted by atomic mass is 79.9. The standard InChI is InChI=1S/C15H15BrCl3N3/c1-10(16)9-21-22(3)15(19)8-11(20-2)7-12-13(17)5-4-6-14(12)18/h4-6,8-9H,1,7H2,2-3H3/b15-8-,20-11?,21-9-. The Balaban J connectivity index is 2.94. The van der Waals surface area contributed by atoms with E-state index in [1.807, 2.05) is 0 Å². The van der Waals surface area contributed by atoms with E-state index in [1.165, 1.54) is 5.01 Å². The lowest BCUT2D eigenvalue weighted by Crippen LogP contribution is -2.10. The van der Waals surface area contributed by atoms with Crippen molar-refractivity contribution in [3.05, 3.63) is 56.1 Å². The van der Waals surface area contributed by atoms with Gasteiger partial charge in [0.05, 0.1) is 6.21 Å². The van der Waals surface area contributed by atoms with Gasteiger partial charge in [-0.05, 0) is 39.7 Å². The van der Waals surface area contributed by atoms with Crippen LogP contribution < -0.4 is 0 Å². The first-order valence-electron chi connectivity index (χ1n) is 6.23. The molecule has 0 unspecified atom stereocenters. The number of halogens is 4. The van der Waals surface area contributed by atoms with Gasteiger partial charge < -0.3 is 0 Å². The molecular weight excluding hydrogens is 408 g/mol. The number of rotatable bonds is 6. The van der Waals surface area contributed by atoms with E-state index in [9.17, 15) is 0 Å². The molecule has 0 atom stereocenters. The van der Waals surface area contributed by atoms with E-state index >= 15 is 0 Å². The molecule has 1 aromatic carbocycles. The van der Waals surface area contributed by atoms with Crippen molar-refractivity contribution in [1.82, 2.24) is 5.01 Å². The molecule has 0 aromatic heterocycles. The molecule has 0 aliphatic rings. The fourth-order valence-corrected chi connectivity index (χ4v) is 2.30. The number of nitrogens with zero attached hydrogens (tertiary/aromatic N) is 3. The predicted octanol–water partition coefficient (Wildman–Crippen LogP) is 5.51. The third kappa shape index (κ3) is 6.13. The lowest BCUT2D eigenvalue weighted by atomic mass is 10.1. The molecule has 0 bridgehead atoms. The van der Waals surface area contributed by atoms with Gasteiger partial charge in [0.15, 0.2) is 0 Å². The summed E-state index contributed by atoms with van der Waals surface area (Å²) >= 11 is 21.8. The summed E-state index contributed by atoms with van der Waals surface area (Å²) < 4.78 is 0.649. The van der Waals surface area contributed by atoms with Gasteiger partial charge in [-0.15, -0.1) is 0 Å². The van der Waals surface area contributed by atoms with Crippen molar-refractivity contribution in [2.45, 2.75) is 6.42 Å². The zero-order valence-electron chi connectivity index (χ0n) is 12.2. The highest BCUT2D eigenvalue weighted by molar-refractivity contribution is 9.12. The quantitative estimate of drug-likeness (QED) is 0.337. The summed E-state index contributed by atoms with van der Waals surface area (Å²) in [7, 11) is 3.41. The highest BCUT2D eigenvalue weighted by Crippen LogP contribution is 2.25. The molecule has 0 heterocycles. The van der Waals surface area contributed by atoms with Crippen molar-refractivity contribution in [2.75, 3.05) is 14.1 Å². The average molecular weight is 424 g/mol. The second-order valence-corrected chi connectivity index (χ2v) is 6.49. The van der Waals surface area contributed by atoms with E-state index < -0.39 is 0 Å². The van der Waals surface area contributed by atoms with Gasteiger partial charge in [-0.2, -0.15) is 5.10 Å². The Morgan fingerprint density at radius 2 is 1.95 bits per heavy atom. The van der Waals surface area contributed by atoms with Crippen LogP contribution in [-0.2, 0) is 6.42 Å². The smallest absolute Gasteiger partial charge is 0.126 e. The molecule has 118 valence electrons. The summed E-state index contributed by atoms with van der Waals surface area (Å²) in [5.74, 6) is 0.